The number of hydrogen-bond acceptors (Lipinski definition) is 3. The summed E-state index contributed by atoms with van der Waals surface area (Å²) in [5.41, 5.74) is 2.19. The smallest absolute Gasteiger partial charge is 0.255 e. The molecule has 26 heavy (non-hydrogen) atoms. The van der Waals surface area contributed by atoms with Crippen LogP contribution in [-0.4, -0.2) is 36.3 Å². The molecular weight excluding hydrogens is 344 g/mol. The van der Waals surface area contributed by atoms with Crippen LogP contribution in [0.4, 0.5) is 0 Å². The van der Waals surface area contributed by atoms with Crippen LogP contribution < -0.4 is 5.32 Å². The van der Waals surface area contributed by atoms with E-state index >= 15 is 0 Å². The highest BCUT2D eigenvalue weighted by Crippen LogP contribution is 2.31. The third-order valence-corrected chi connectivity index (χ3v) is 6.79. The molecule has 2 aliphatic rings. The maximum absolute atomic E-state index is 13.0. The number of thiophene rings is 1. The number of hydrogen-bond donors (Lipinski definition) is 1. The van der Waals surface area contributed by atoms with Gasteiger partial charge in [0, 0.05) is 29.9 Å². The molecule has 1 N–H and O–H groups in total. The summed E-state index contributed by atoms with van der Waals surface area (Å²) in [4.78, 5) is 28.8. The fourth-order valence-corrected chi connectivity index (χ4v) is 5.25. The number of nitrogens with one attached hydrogen (secondary N) is 1. The molecule has 1 saturated heterocycles. The predicted molar refractivity (Wildman–Crippen MR) is 107 cm³/mol. The summed E-state index contributed by atoms with van der Waals surface area (Å²) in [5.74, 6) is 0.226. The SMILES string of the molecule is CCCCCCNC(=O)C1CCCN(C(=O)c2csc3c2CCCC3)C1. The minimum Gasteiger partial charge on any atom is -0.356 e. The van der Waals surface area contributed by atoms with E-state index < -0.39 is 0 Å². The second-order valence-corrected chi connectivity index (χ2v) is 8.66. The standard InChI is InChI=1S/C21H32N2O2S/c1-2-3-4-7-12-22-20(24)16-9-8-13-23(14-16)21(25)18-15-26-19-11-6-5-10-17(18)19/h15-16H,2-14H2,1H3,(H,22,24). The molecule has 0 spiro atoms. The molecule has 0 bridgehead atoms. The van der Waals surface area contributed by atoms with E-state index in [9.17, 15) is 9.59 Å². The van der Waals surface area contributed by atoms with Gasteiger partial charge in [0.15, 0.2) is 0 Å². The van der Waals surface area contributed by atoms with Crippen molar-refractivity contribution in [3.05, 3.63) is 21.4 Å². The number of amides is 2. The predicted octanol–water partition coefficient (Wildman–Crippen LogP) is 4.18. The van der Waals surface area contributed by atoms with Gasteiger partial charge in [0.2, 0.25) is 5.91 Å². The van der Waals surface area contributed by atoms with Crippen molar-refractivity contribution in [3.63, 3.8) is 0 Å². The van der Waals surface area contributed by atoms with Gasteiger partial charge in [-0.1, -0.05) is 26.2 Å². The van der Waals surface area contributed by atoms with Gasteiger partial charge in [0.25, 0.3) is 5.91 Å². The molecule has 1 aromatic heterocycles. The van der Waals surface area contributed by atoms with Crippen LogP contribution in [0.5, 0.6) is 0 Å². The van der Waals surface area contributed by atoms with Crippen LogP contribution in [0.15, 0.2) is 5.38 Å². The maximum atomic E-state index is 13.0. The Kier molecular flexibility index (Phi) is 7.12. The molecular formula is C21H32N2O2S. The van der Waals surface area contributed by atoms with Crippen molar-refractivity contribution in [1.82, 2.24) is 10.2 Å². The van der Waals surface area contributed by atoms with Crippen LogP contribution in [0.25, 0.3) is 0 Å². The number of piperidine rings is 1. The normalized spacial score (nSPS) is 19.9. The molecule has 144 valence electrons. The molecule has 1 unspecified atom stereocenters. The van der Waals surface area contributed by atoms with Crippen molar-refractivity contribution in [2.24, 2.45) is 5.92 Å². The van der Waals surface area contributed by atoms with E-state index in [0.29, 0.717) is 6.54 Å². The third-order valence-electron chi connectivity index (χ3n) is 5.70. The highest BCUT2D eigenvalue weighted by Gasteiger charge is 2.30. The van der Waals surface area contributed by atoms with Gasteiger partial charge >= 0.3 is 0 Å². The highest BCUT2D eigenvalue weighted by atomic mass is 32.1. The largest absolute Gasteiger partial charge is 0.356 e. The number of rotatable bonds is 7. The van der Waals surface area contributed by atoms with Gasteiger partial charge in [-0.25, -0.2) is 0 Å². The fraction of sp³-hybridized carbons (Fsp3) is 0.714. The molecule has 0 radical (unpaired) electrons. The Labute approximate surface area is 161 Å². The highest BCUT2D eigenvalue weighted by molar-refractivity contribution is 7.10. The summed E-state index contributed by atoms with van der Waals surface area (Å²) < 4.78 is 0. The maximum Gasteiger partial charge on any atom is 0.255 e. The second kappa shape index (κ2) is 9.54. The zero-order valence-corrected chi connectivity index (χ0v) is 16.8. The van der Waals surface area contributed by atoms with Crippen molar-refractivity contribution >= 4 is 23.2 Å². The molecule has 1 aliphatic heterocycles. The van der Waals surface area contributed by atoms with Crippen LogP contribution in [0.2, 0.25) is 0 Å². The molecule has 1 fully saturated rings. The molecule has 2 amide bonds. The number of carbonyl (C=O) groups is 2. The van der Waals surface area contributed by atoms with E-state index in [0.717, 1.165) is 50.8 Å². The summed E-state index contributed by atoms with van der Waals surface area (Å²) in [6.45, 7) is 4.31. The van der Waals surface area contributed by atoms with Crippen molar-refractivity contribution < 1.29 is 9.59 Å². The lowest BCUT2D eigenvalue weighted by Gasteiger charge is -2.32. The lowest BCUT2D eigenvalue weighted by atomic mass is 9.93. The number of unbranched alkanes of at least 4 members (excludes halogenated alkanes) is 3. The van der Waals surface area contributed by atoms with Gasteiger partial charge in [0.1, 0.15) is 0 Å². The van der Waals surface area contributed by atoms with Crippen LogP contribution in [0.3, 0.4) is 0 Å². The quantitative estimate of drug-likeness (QED) is 0.726. The molecule has 0 aromatic carbocycles. The zero-order valence-electron chi connectivity index (χ0n) is 16.0. The monoisotopic (exact) mass is 376 g/mol. The Hall–Kier alpha value is -1.36. The molecule has 4 nitrogen and oxygen atoms in total. The molecule has 2 heterocycles. The number of carbonyl (C=O) groups excluding carboxylic acids is 2. The molecule has 3 rings (SSSR count). The van der Waals surface area contributed by atoms with Crippen molar-refractivity contribution in [2.75, 3.05) is 19.6 Å². The van der Waals surface area contributed by atoms with Gasteiger partial charge in [-0.15, -0.1) is 11.3 Å². The second-order valence-electron chi connectivity index (χ2n) is 7.70. The average molecular weight is 377 g/mol. The van der Waals surface area contributed by atoms with E-state index in [1.807, 2.05) is 4.90 Å². The lowest BCUT2D eigenvalue weighted by molar-refractivity contribution is -0.126. The summed E-state index contributed by atoms with van der Waals surface area (Å²) in [7, 11) is 0. The van der Waals surface area contributed by atoms with Crippen LogP contribution in [-0.2, 0) is 17.6 Å². The average Bonchev–Trinajstić information content (AvgIpc) is 3.11. The molecule has 0 saturated carbocycles. The number of nitrogens with zero attached hydrogens (tertiary/aromatic N) is 1. The van der Waals surface area contributed by atoms with Gasteiger partial charge in [-0.3, -0.25) is 9.59 Å². The number of likely N-dealkylation sites (tertiary alicyclic amines) is 1. The summed E-state index contributed by atoms with van der Waals surface area (Å²) in [6.07, 6.45) is 11.1. The van der Waals surface area contributed by atoms with E-state index in [4.69, 9.17) is 0 Å². The Morgan fingerprint density at radius 1 is 1.19 bits per heavy atom. The van der Waals surface area contributed by atoms with Gasteiger partial charge < -0.3 is 10.2 Å². The van der Waals surface area contributed by atoms with Crippen molar-refractivity contribution in [1.29, 1.82) is 0 Å². The third kappa shape index (κ3) is 4.67. The summed E-state index contributed by atoms with van der Waals surface area (Å²) in [5, 5.41) is 5.13. The van der Waals surface area contributed by atoms with Crippen LogP contribution in [0, 0.1) is 5.92 Å². The lowest BCUT2D eigenvalue weighted by Crippen LogP contribution is -2.45. The first-order valence-corrected chi connectivity index (χ1v) is 11.2. The van der Waals surface area contributed by atoms with Gasteiger partial charge in [0.05, 0.1) is 11.5 Å². The molecule has 1 aliphatic carbocycles. The minimum atomic E-state index is -0.0478. The first-order valence-electron chi connectivity index (χ1n) is 10.4. The summed E-state index contributed by atoms with van der Waals surface area (Å²) in [6, 6.07) is 0. The summed E-state index contributed by atoms with van der Waals surface area (Å²) >= 11 is 1.74. The Balaban J connectivity index is 1.54. The van der Waals surface area contributed by atoms with Crippen LogP contribution >= 0.6 is 11.3 Å². The molecule has 1 atom stereocenters. The topological polar surface area (TPSA) is 49.4 Å². The molecule has 5 heteroatoms. The fourth-order valence-electron chi connectivity index (χ4n) is 4.13. The number of fused-ring (bicyclic) bond motifs is 1. The van der Waals surface area contributed by atoms with Crippen molar-refractivity contribution in [3.8, 4) is 0 Å². The van der Waals surface area contributed by atoms with Gasteiger partial charge in [-0.05, 0) is 50.5 Å². The minimum absolute atomic E-state index is 0.0478. The van der Waals surface area contributed by atoms with E-state index in [2.05, 4.69) is 17.6 Å². The molecule has 1 aromatic rings. The first kappa shape index (κ1) is 19.4. The van der Waals surface area contributed by atoms with E-state index in [-0.39, 0.29) is 17.7 Å². The van der Waals surface area contributed by atoms with Crippen LogP contribution in [0.1, 0.15) is 79.1 Å². The van der Waals surface area contributed by atoms with Crippen molar-refractivity contribution in [2.45, 2.75) is 71.1 Å². The van der Waals surface area contributed by atoms with Gasteiger partial charge in [-0.2, -0.15) is 0 Å². The first-order chi connectivity index (χ1) is 12.7. The van der Waals surface area contributed by atoms with E-state index in [1.165, 1.54) is 42.5 Å². The Bertz CT molecular complexity index is 626. The Morgan fingerprint density at radius 2 is 2.04 bits per heavy atom. The number of aryl methyl sites for hydroxylation is 1. The zero-order chi connectivity index (χ0) is 18.4. The Morgan fingerprint density at radius 3 is 2.88 bits per heavy atom. The van der Waals surface area contributed by atoms with E-state index in [1.54, 1.807) is 11.3 Å².